The molecule has 0 spiro atoms. The van der Waals surface area contributed by atoms with Crippen molar-refractivity contribution in [2.45, 2.75) is 53.1 Å². The van der Waals surface area contributed by atoms with E-state index in [1.807, 2.05) is 87.2 Å². The zero-order chi connectivity index (χ0) is 19.8. The summed E-state index contributed by atoms with van der Waals surface area (Å²) in [5.74, 6) is 0.374. The van der Waals surface area contributed by atoms with Crippen LogP contribution in [0, 0.1) is 5.92 Å². The molecule has 4 heteroatoms. The van der Waals surface area contributed by atoms with E-state index < -0.39 is 0 Å². The van der Waals surface area contributed by atoms with E-state index in [-0.39, 0.29) is 23.8 Å². The second kappa shape index (κ2) is 9.91. The minimum absolute atomic E-state index is 0.00901. The predicted molar refractivity (Wildman–Crippen MR) is 111 cm³/mol. The van der Waals surface area contributed by atoms with Crippen molar-refractivity contribution in [3.05, 3.63) is 65.7 Å². The fourth-order valence-corrected chi connectivity index (χ4v) is 2.94. The lowest BCUT2D eigenvalue weighted by molar-refractivity contribution is -0.121. The molecule has 0 unspecified atom stereocenters. The van der Waals surface area contributed by atoms with Crippen LogP contribution in [0.25, 0.3) is 0 Å². The van der Waals surface area contributed by atoms with E-state index in [0.29, 0.717) is 19.4 Å². The summed E-state index contributed by atoms with van der Waals surface area (Å²) < 4.78 is 0. The highest BCUT2D eigenvalue weighted by molar-refractivity contribution is 5.93. The average molecular weight is 367 g/mol. The van der Waals surface area contributed by atoms with Gasteiger partial charge in [-0.15, -0.1) is 0 Å². The molecule has 0 saturated carbocycles. The first-order chi connectivity index (χ1) is 12.8. The molecule has 0 fully saturated rings. The van der Waals surface area contributed by atoms with E-state index in [4.69, 9.17) is 0 Å². The van der Waals surface area contributed by atoms with Crippen molar-refractivity contribution in [3.63, 3.8) is 0 Å². The van der Waals surface area contributed by atoms with Crippen LogP contribution in [0.2, 0.25) is 0 Å². The molecule has 2 amide bonds. The van der Waals surface area contributed by atoms with E-state index in [1.54, 1.807) is 0 Å². The minimum atomic E-state index is -0.00901. The number of nitrogens with one attached hydrogen (secondary N) is 1. The molecule has 0 aliphatic heterocycles. The van der Waals surface area contributed by atoms with Gasteiger partial charge in [-0.3, -0.25) is 9.59 Å². The summed E-state index contributed by atoms with van der Waals surface area (Å²) in [5, 5.41) is 2.91. The number of rotatable bonds is 8. The maximum Gasteiger partial charge on any atom is 0.227 e. The lowest BCUT2D eigenvalue weighted by Crippen LogP contribution is -2.32. The Morgan fingerprint density at radius 3 is 2.22 bits per heavy atom. The number of hydrogen-bond acceptors (Lipinski definition) is 2. The van der Waals surface area contributed by atoms with E-state index in [0.717, 1.165) is 16.8 Å². The van der Waals surface area contributed by atoms with Gasteiger partial charge in [0.25, 0.3) is 0 Å². The van der Waals surface area contributed by atoms with Gasteiger partial charge in [-0.05, 0) is 43.0 Å². The quantitative estimate of drug-likeness (QED) is 0.756. The second-order valence-electron chi connectivity index (χ2n) is 7.63. The Morgan fingerprint density at radius 1 is 0.926 bits per heavy atom. The molecule has 0 bridgehead atoms. The lowest BCUT2D eigenvalue weighted by atomic mass is 10.1. The van der Waals surface area contributed by atoms with Gasteiger partial charge in [0, 0.05) is 18.2 Å². The molecule has 0 saturated heterocycles. The number of carbonyl (C=O) groups excluding carboxylic acids is 2. The van der Waals surface area contributed by atoms with Crippen LogP contribution < -0.4 is 10.2 Å². The number of benzene rings is 2. The Labute approximate surface area is 162 Å². The largest absolute Gasteiger partial charge is 0.354 e. The molecule has 0 aromatic heterocycles. The first-order valence-electron chi connectivity index (χ1n) is 9.57. The van der Waals surface area contributed by atoms with Crippen molar-refractivity contribution >= 4 is 17.5 Å². The lowest BCUT2D eigenvalue weighted by Gasteiger charge is -2.24. The van der Waals surface area contributed by atoms with Crippen LogP contribution in [0.15, 0.2) is 54.6 Å². The van der Waals surface area contributed by atoms with Gasteiger partial charge in [-0.1, -0.05) is 56.3 Å². The zero-order valence-corrected chi connectivity index (χ0v) is 16.7. The van der Waals surface area contributed by atoms with Gasteiger partial charge in [-0.25, -0.2) is 0 Å². The van der Waals surface area contributed by atoms with Gasteiger partial charge in [-0.2, -0.15) is 0 Å². The van der Waals surface area contributed by atoms with Crippen LogP contribution in [0.3, 0.4) is 0 Å². The fourth-order valence-electron chi connectivity index (χ4n) is 2.94. The van der Waals surface area contributed by atoms with Crippen molar-refractivity contribution in [2.24, 2.45) is 5.92 Å². The summed E-state index contributed by atoms with van der Waals surface area (Å²) in [5.41, 5.74) is 2.82. The number of nitrogens with zero attached hydrogens (tertiary/aromatic N) is 1. The molecule has 0 heterocycles. The maximum atomic E-state index is 12.9. The molecule has 2 aromatic rings. The SMILES string of the molecule is CC(C)CC(=O)N(Cc1ccccc1)c1cccc(CC(=O)NC(C)C)c1. The third-order valence-electron chi connectivity index (χ3n) is 4.10. The molecular weight excluding hydrogens is 336 g/mol. The van der Waals surface area contributed by atoms with Gasteiger partial charge in [0.1, 0.15) is 0 Å². The number of carbonyl (C=O) groups is 2. The topological polar surface area (TPSA) is 49.4 Å². The zero-order valence-electron chi connectivity index (χ0n) is 16.7. The molecule has 0 atom stereocenters. The van der Waals surface area contributed by atoms with Crippen LogP contribution in [0.4, 0.5) is 5.69 Å². The van der Waals surface area contributed by atoms with Gasteiger partial charge in [0.15, 0.2) is 0 Å². The third kappa shape index (κ3) is 6.89. The highest BCUT2D eigenvalue weighted by Gasteiger charge is 2.18. The third-order valence-corrected chi connectivity index (χ3v) is 4.10. The normalized spacial score (nSPS) is 10.9. The van der Waals surface area contributed by atoms with E-state index >= 15 is 0 Å². The first kappa shape index (κ1) is 20.7. The van der Waals surface area contributed by atoms with Crippen molar-refractivity contribution in [2.75, 3.05) is 4.90 Å². The summed E-state index contributed by atoms with van der Waals surface area (Å²) in [6.07, 6.45) is 0.800. The highest BCUT2D eigenvalue weighted by Crippen LogP contribution is 2.21. The maximum absolute atomic E-state index is 12.9. The van der Waals surface area contributed by atoms with Crippen LogP contribution in [-0.4, -0.2) is 17.9 Å². The molecule has 2 aromatic carbocycles. The Hall–Kier alpha value is -2.62. The molecule has 27 heavy (non-hydrogen) atoms. The summed E-state index contributed by atoms with van der Waals surface area (Å²) in [6.45, 7) is 8.51. The van der Waals surface area contributed by atoms with Crippen molar-refractivity contribution in [1.82, 2.24) is 5.32 Å². The molecule has 2 rings (SSSR count). The summed E-state index contributed by atoms with van der Waals surface area (Å²) >= 11 is 0. The van der Waals surface area contributed by atoms with Crippen molar-refractivity contribution < 1.29 is 9.59 Å². The van der Waals surface area contributed by atoms with Crippen LogP contribution in [-0.2, 0) is 22.6 Å². The van der Waals surface area contributed by atoms with Gasteiger partial charge >= 0.3 is 0 Å². The first-order valence-corrected chi connectivity index (χ1v) is 9.57. The molecule has 4 nitrogen and oxygen atoms in total. The molecular formula is C23H30N2O2. The van der Waals surface area contributed by atoms with Crippen LogP contribution >= 0.6 is 0 Å². The Bertz CT molecular complexity index is 754. The second-order valence-corrected chi connectivity index (χ2v) is 7.63. The smallest absolute Gasteiger partial charge is 0.227 e. The Balaban J connectivity index is 2.24. The molecule has 0 aliphatic carbocycles. The Kier molecular flexibility index (Phi) is 7.59. The fraction of sp³-hybridized carbons (Fsp3) is 0.391. The minimum Gasteiger partial charge on any atom is -0.354 e. The van der Waals surface area contributed by atoms with Crippen LogP contribution in [0.5, 0.6) is 0 Å². The molecule has 1 N–H and O–H groups in total. The monoisotopic (exact) mass is 366 g/mol. The van der Waals surface area contributed by atoms with Crippen LogP contribution in [0.1, 0.15) is 45.2 Å². The number of amides is 2. The Morgan fingerprint density at radius 2 is 1.59 bits per heavy atom. The predicted octanol–water partition coefficient (Wildman–Crippen LogP) is 4.33. The molecule has 0 aliphatic rings. The van der Waals surface area contributed by atoms with E-state index in [9.17, 15) is 9.59 Å². The van der Waals surface area contributed by atoms with Gasteiger partial charge in [0.05, 0.1) is 13.0 Å². The summed E-state index contributed by atoms with van der Waals surface area (Å²) in [4.78, 5) is 26.8. The average Bonchev–Trinajstić information content (AvgIpc) is 2.59. The van der Waals surface area contributed by atoms with E-state index in [1.165, 1.54) is 0 Å². The number of anilines is 1. The molecule has 0 radical (unpaired) electrons. The van der Waals surface area contributed by atoms with Crippen molar-refractivity contribution in [1.29, 1.82) is 0 Å². The summed E-state index contributed by atoms with van der Waals surface area (Å²) in [7, 11) is 0. The standard InChI is InChI=1S/C23H30N2O2/c1-17(2)13-23(27)25(16-19-9-6-5-7-10-19)21-12-8-11-20(14-21)15-22(26)24-18(3)4/h5-12,14,17-18H,13,15-16H2,1-4H3,(H,24,26). The molecule has 144 valence electrons. The number of hydrogen-bond donors (Lipinski definition) is 1. The van der Waals surface area contributed by atoms with E-state index in [2.05, 4.69) is 5.32 Å². The summed E-state index contributed by atoms with van der Waals surface area (Å²) in [6, 6.07) is 17.8. The van der Waals surface area contributed by atoms with Gasteiger partial charge < -0.3 is 10.2 Å². The van der Waals surface area contributed by atoms with Crippen molar-refractivity contribution in [3.8, 4) is 0 Å². The van der Waals surface area contributed by atoms with Gasteiger partial charge in [0.2, 0.25) is 11.8 Å². The highest BCUT2D eigenvalue weighted by atomic mass is 16.2.